The fourth-order valence-corrected chi connectivity index (χ4v) is 9.62. The minimum absolute atomic E-state index is 0.195. The largest absolute Gasteiger partial charge is 0.493 e. The molecule has 2 heterocycles. The van der Waals surface area contributed by atoms with Gasteiger partial charge in [0.15, 0.2) is 22.3 Å². The van der Waals surface area contributed by atoms with Crippen LogP contribution in [0.2, 0.25) is 0 Å². The van der Waals surface area contributed by atoms with Crippen LogP contribution in [0.4, 0.5) is 0 Å². The predicted molar refractivity (Wildman–Crippen MR) is 264 cm³/mol. The van der Waals surface area contributed by atoms with Gasteiger partial charge in [0.2, 0.25) is 6.79 Å². The van der Waals surface area contributed by atoms with E-state index < -0.39 is 53.5 Å². The molecule has 0 atom stereocenters. The average Bonchev–Trinajstić information content (AvgIpc) is 4.04. The van der Waals surface area contributed by atoms with Gasteiger partial charge in [0.05, 0.1) is 36.9 Å². The smallest absolute Gasteiger partial charge is 0.333 e. The van der Waals surface area contributed by atoms with E-state index in [1.807, 2.05) is 26.0 Å². The molecule has 2 aliphatic carbocycles. The summed E-state index contributed by atoms with van der Waals surface area (Å²) in [6, 6.07) is 22.1. The molecule has 72 heavy (non-hydrogen) atoms. The molecular weight excluding hydrogens is 947 g/mol. The molecule has 16 nitrogen and oxygen atoms in total. The van der Waals surface area contributed by atoms with Gasteiger partial charge in [-0.2, -0.15) is 0 Å². The van der Waals surface area contributed by atoms with Crippen molar-refractivity contribution in [2.75, 3.05) is 20.0 Å². The topological polar surface area (TPSA) is 202 Å². The van der Waals surface area contributed by atoms with Crippen LogP contribution in [-0.2, 0) is 38.2 Å². The van der Waals surface area contributed by atoms with Crippen LogP contribution in [0.25, 0.3) is 32.0 Å². The molecule has 2 aromatic heterocycles. The number of rotatable bonds is 19. The molecule has 0 bridgehead atoms. The first-order valence-corrected chi connectivity index (χ1v) is 24.5. The van der Waals surface area contributed by atoms with Crippen molar-refractivity contribution in [3.8, 4) is 45.3 Å². The molecule has 0 aliphatic heterocycles. The van der Waals surface area contributed by atoms with Crippen LogP contribution >= 0.6 is 11.3 Å². The Morgan fingerprint density at radius 1 is 0.597 bits per heavy atom. The second kappa shape index (κ2) is 23.4. The zero-order valence-corrected chi connectivity index (χ0v) is 40.7. The normalized spacial score (nSPS) is 17.5. The predicted octanol–water partition coefficient (Wildman–Crippen LogP) is 10.5. The van der Waals surface area contributed by atoms with Crippen LogP contribution in [0.1, 0.15) is 68.9 Å². The van der Waals surface area contributed by atoms with Crippen LogP contribution in [0.3, 0.4) is 0 Å². The van der Waals surface area contributed by atoms with E-state index in [4.69, 9.17) is 47.3 Å². The molecule has 0 amide bonds. The van der Waals surface area contributed by atoms with E-state index in [9.17, 15) is 28.8 Å². The van der Waals surface area contributed by atoms with E-state index in [1.54, 1.807) is 60.7 Å². The Kier molecular flexibility index (Phi) is 16.5. The number of ether oxygens (including phenoxy) is 8. The lowest BCUT2D eigenvalue weighted by molar-refractivity contribution is -0.145. The molecule has 0 saturated heterocycles. The Morgan fingerprint density at radius 2 is 1.08 bits per heavy atom. The van der Waals surface area contributed by atoms with Gasteiger partial charge in [-0.25, -0.2) is 14.6 Å². The number of hydrogen-bond donors (Lipinski definition) is 0. The highest BCUT2D eigenvalue weighted by Gasteiger charge is 2.35. The van der Waals surface area contributed by atoms with E-state index in [2.05, 4.69) is 19.2 Å². The lowest BCUT2D eigenvalue weighted by atomic mass is 9.82. The first-order chi connectivity index (χ1) is 34.8. The first-order valence-electron chi connectivity index (χ1n) is 23.7. The van der Waals surface area contributed by atoms with Gasteiger partial charge in [-0.15, -0.1) is 11.3 Å². The van der Waals surface area contributed by atoms with Crippen molar-refractivity contribution >= 4 is 68.3 Å². The number of fused-ring (bicyclic) bond motifs is 2. The van der Waals surface area contributed by atoms with Gasteiger partial charge in [-0.3, -0.25) is 19.2 Å². The van der Waals surface area contributed by atoms with Crippen molar-refractivity contribution in [2.24, 2.45) is 23.7 Å². The van der Waals surface area contributed by atoms with Crippen molar-refractivity contribution in [1.82, 2.24) is 4.98 Å². The zero-order valence-electron chi connectivity index (χ0n) is 39.8. The minimum atomic E-state index is -0.613. The zero-order chi connectivity index (χ0) is 50.7. The van der Waals surface area contributed by atoms with E-state index >= 15 is 0 Å². The second-order valence-corrected chi connectivity index (χ2v) is 18.6. The van der Waals surface area contributed by atoms with Crippen LogP contribution in [-0.4, -0.2) is 60.8 Å². The van der Waals surface area contributed by atoms with Gasteiger partial charge in [-0.1, -0.05) is 19.2 Å². The number of benzene rings is 4. The van der Waals surface area contributed by atoms with Crippen molar-refractivity contribution in [3.63, 3.8) is 0 Å². The number of hydrogen-bond acceptors (Lipinski definition) is 17. The molecule has 4 aromatic carbocycles. The Morgan fingerprint density at radius 3 is 1.64 bits per heavy atom. The molecule has 0 unspecified atom stereocenters. The van der Waals surface area contributed by atoms with Gasteiger partial charge >= 0.3 is 35.8 Å². The number of thiazole rings is 1. The summed E-state index contributed by atoms with van der Waals surface area (Å²) in [5.74, 6) is -1.96. The molecule has 0 spiro atoms. The number of esters is 6. The van der Waals surface area contributed by atoms with Gasteiger partial charge in [0.25, 0.3) is 0 Å². The fourth-order valence-electron chi connectivity index (χ4n) is 8.64. The molecule has 17 heteroatoms. The highest BCUT2D eigenvalue weighted by Crippen LogP contribution is 2.44. The van der Waals surface area contributed by atoms with Gasteiger partial charge in [0.1, 0.15) is 38.8 Å². The summed E-state index contributed by atoms with van der Waals surface area (Å²) in [5, 5.41) is 1.43. The van der Waals surface area contributed by atoms with E-state index in [1.165, 1.54) is 11.3 Å². The molecule has 0 radical (unpaired) electrons. The molecule has 2 fully saturated rings. The van der Waals surface area contributed by atoms with E-state index in [0.29, 0.717) is 114 Å². The third kappa shape index (κ3) is 12.7. The van der Waals surface area contributed by atoms with Gasteiger partial charge in [-0.05, 0) is 149 Å². The second-order valence-electron chi connectivity index (χ2n) is 17.6. The summed E-state index contributed by atoms with van der Waals surface area (Å²) in [7, 11) is 0. The first kappa shape index (κ1) is 50.6. The molecule has 8 rings (SSSR count). The fraction of sp³-hybridized carbons (Fsp3) is 0.327. The van der Waals surface area contributed by atoms with Crippen molar-refractivity contribution in [3.05, 3.63) is 115 Å². The number of aromatic nitrogens is 1. The average molecular weight is 1000 g/mol. The molecule has 374 valence electrons. The summed E-state index contributed by atoms with van der Waals surface area (Å²) in [6.07, 6.45) is 5.96. The lowest BCUT2D eigenvalue weighted by Crippen LogP contribution is -2.30. The van der Waals surface area contributed by atoms with E-state index in [0.717, 1.165) is 28.7 Å². The van der Waals surface area contributed by atoms with Crippen molar-refractivity contribution < 1.29 is 71.1 Å². The number of aryl methyl sites for hydroxylation is 2. The summed E-state index contributed by atoms with van der Waals surface area (Å²) >= 11 is 1.25. The Bertz CT molecular complexity index is 2970. The quantitative estimate of drug-likeness (QED) is 0.0243. The molecule has 0 N–H and O–H groups in total. The van der Waals surface area contributed by atoms with Crippen LogP contribution < -0.4 is 28.4 Å². The maximum absolute atomic E-state index is 13.8. The number of furan rings is 1. The standard InChI is InChI=1S/C55H53NO15S/c1-5-47(57)64-27-7-26-63-38-16-20-40(21-17-38)67-52(59)34-8-12-36(13-9-34)54(61)70-43-24-25-44(50-49(43)56-51(72-50)46-30-42-33(4)28-32(3)29-45(42)69-46)71-55(62)37-14-10-35(11-15-37)53(60)68-41-22-18-39(19-23-41)65-31-66-48(58)6-2/h5-6,16-25,28-30,34-37H,1-2,7-15,26-27,31H2,3-4H3. The van der Waals surface area contributed by atoms with Crippen molar-refractivity contribution in [2.45, 2.75) is 71.6 Å². The number of carbonyl (C=O) groups excluding carboxylic acids is 6. The number of nitrogens with zero attached hydrogens (tertiary/aromatic N) is 1. The van der Waals surface area contributed by atoms with Crippen LogP contribution in [0.5, 0.6) is 34.5 Å². The van der Waals surface area contributed by atoms with Gasteiger partial charge in [0, 0.05) is 24.0 Å². The monoisotopic (exact) mass is 999 g/mol. The van der Waals surface area contributed by atoms with Crippen LogP contribution in [0.15, 0.2) is 109 Å². The SMILES string of the molecule is C=CC(=O)OCCCOc1ccc(OC(=O)C2CCC(C(=O)Oc3ccc(OC(=O)C4CCC(C(=O)Oc5ccc(OCOC(=O)C=C)cc5)CC4)c4sc(-c5cc6c(C)cc(C)cc6o5)nc34)CC2)cc1. The number of carbonyl (C=O) groups is 6. The van der Waals surface area contributed by atoms with Crippen LogP contribution in [0, 0.1) is 37.5 Å². The van der Waals surface area contributed by atoms with Gasteiger partial charge < -0.3 is 42.3 Å². The van der Waals surface area contributed by atoms with E-state index in [-0.39, 0.29) is 30.9 Å². The highest BCUT2D eigenvalue weighted by molar-refractivity contribution is 7.22. The Labute approximate surface area is 418 Å². The third-order valence-electron chi connectivity index (χ3n) is 12.5. The maximum Gasteiger partial charge on any atom is 0.333 e. The lowest BCUT2D eigenvalue weighted by Gasteiger charge is -2.26. The molecular formula is C55H53NO15S. The Balaban J connectivity index is 0.879. The molecule has 2 aliphatic rings. The summed E-state index contributed by atoms with van der Waals surface area (Å²) in [6.45, 7) is 10.9. The molecule has 2 saturated carbocycles. The minimum Gasteiger partial charge on any atom is -0.493 e. The van der Waals surface area contributed by atoms with Crippen molar-refractivity contribution in [1.29, 1.82) is 0 Å². The summed E-state index contributed by atoms with van der Waals surface area (Å²) < 4.78 is 51.0. The molecule has 6 aromatic rings. The highest BCUT2D eigenvalue weighted by atomic mass is 32.1. The Hall–Kier alpha value is -7.79. The summed E-state index contributed by atoms with van der Waals surface area (Å²) in [4.78, 5) is 81.2. The third-order valence-corrected chi connectivity index (χ3v) is 13.6. The maximum atomic E-state index is 13.8. The summed E-state index contributed by atoms with van der Waals surface area (Å²) in [5.41, 5.74) is 3.12.